The number of nitrogens with one attached hydrogen (secondary N) is 3. The van der Waals surface area contributed by atoms with Gasteiger partial charge in [-0.05, 0) is 92.3 Å². The summed E-state index contributed by atoms with van der Waals surface area (Å²) in [6.45, 7) is 4.50. The Morgan fingerprint density at radius 1 is 0.857 bits per heavy atom. The van der Waals surface area contributed by atoms with Gasteiger partial charge >= 0.3 is 0 Å². The zero-order chi connectivity index (χ0) is 24.4. The predicted octanol–water partition coefficient (Wildman–Crippen LogP) is 6.91. The van der Waals surface area contributed by atoms with Gasteiger partial charge in [0, 0.05) is 39.8 Å². The molecule has 2 unspecified atom stereocenters. The van der Waals surface area contributed by atoms with E-state index in [-0.39, 0.29) is 23.8 Å². The number of fused-ring (bicyclic) bond motifs is 1. The second kappa shape index (κ2) is 10.3. The Hall–Kier alpha value is -3.08. The standard InChI is InChI=1S/C30H37N3O2/c1-19-7-9-22(10-8-19)29(34)31-25-14-11-21(12-15-25)28-18-24-17-23(13-16-27(24)32-28)30(35)33-26-6-4-3-5-20(26)2/h11-20,22,26,32H,3-10H2,1-2H3,(H,31,34)(H,33,35). The quantitative estimate of drug-likeness (QED) is 0.378. The number of hydrogen-bond acceptors (Lipinski definition) is 2. The van der Waals surface area contributed by atoms with Crippen LogP contribution >= 0.6 is 0 Å². The summed E-state index contributed by atoms with van der Waals surface area (Å²) in [5, 5.41) is 7.37. The number of rotatable bonds is 5. The van der Waals surface area contributed by atoms with Crippen LogP contribution < -0.4 is 10.6 Å². The van der Waals surface area contributed by atoms with Crippen molar-refractivity contribution in [2.45, 2.75) is 71.3 Å². The minimum Gasteiger partial charge on any atom is -0.355 e. The molecule has 1 heterocycles. The van der Waals surface area contributed by atoms with Crippen LogP contribution in [0.1, 0.15) is 75.6 Å². The second-order valence-electron chi connectivity index (χ2n) is 10.9. The van der Waals surface area contributed by atoms with Crippen molar-refractivity contribution in [1.29, 1.82) is 0 Å². The molecule has 2 saturated carbocycles. The molecule has 1 aromatic heterocycles. The van der Waals surface area contributed by atoms with E-state index in [0.29, 0.717) is 11.5 Å². The van der Waals surface area contributed by atoms with Crippen molar-refractivity contribution in [2.24, 2.45) is 17.8 Å². The van der Waals surface area contributed by atoms with E-state index in [9.17, 15) is 9.59 Å². The Balaban J connectivity index is 1.25. The van der Waals surface area contributed by atoms with Crippen LogP contribution in [-0.4, -0.2) is 22.8 Å². The second-order valence-corrected chi connectivity index (χ2v) is 10.9. The van der Waals surface area contributed by atoms with Gasteiger partial charge in [-0.15, -0.1) is 0 Å². The van der Waals surface area contributed by atoms with Crippen molar-refractivity contribution in [2.75, 3.05) is 5.32 Å². The van der Waals surface area contributed by atoms with Gasteiger partial charge < -0.3 is 15.6 Å². The molecular weight excluding hydrogens is 434 g/mol. The first-order chi connectivity index (χ1) is 17.0. The van der Waals surface area contributed by atoms with E-state index in [1.807, 2.05) is 42.5 Å². The van der Waals surface area contributed by atoms with Crippen molar-refractivity contribution in [3.63, 3.8) is 0 Å². The largest absolute Gasteiger partial charge is 0.355 e. The van der Waals surface area contributed by atoms with Gasteiger partial charge in [0.1, 0.15) is 0 Å². The molecule has 3 aromatic rings. The van der Waals surface area contributed by atoms with Gasteiger partial charge in [-0.2, -0.15) is 0 Å². The number of amides is 2. The Bertz CT molecular complexity index is 1190. The summed E-state index contributed by atoms with van der Waals surface area (Å²) in [5.41, 5.74) is 4.59. The Labute approximate surface area is 208 Å². The minimum absolute atomic E-state index is 0.0147. The van der Waals surface area contributed by atoms with Gasteiger partial charge in [-0.25, -0.2) is 0 Å². The lowest BCUT2D eigenvalue weighted by Crippen LogP contribution is -2.41. The van der Waals surface area contributed by atoms with Crippen molar-refractivity contribution in [3.05, 3.63) is 54.1 Å². The zero-order valence-electron chi connectivity index (χ0n) is 20.9. The summed E-state index contributed by atoms with van der Waals surface area (Å²) < 4.78 is 0. The SMILES string of the molecule is CC1CCC(C(=O)Nc2ccc(-c3cc4cc(C(=O)NC5CCCCC5C)ccc4[nH]3)cc2)CC1. The summed E-state index contributed by atoms with van der Waals surface area (Å²) in [5.74, 6) is 1.56. The molecule has 184 valence electrons. The van der Waals surface area contributed by atoms with Gasteiger partial charge in [-0.1, -0.05) is 38.8 Å². The molecule has 0 saturated heterocycles. The molecule has 2 aliphatic rings. The topological polar surface area (TPSA) is 74.0 Å². The lowest BCUT2D eigenvalue weighted by Gasteiger charge is -2.29. The number of H-pyrrole nitrogens is 1. The van der Waals surface area contributed by atoms with E-state index < -0.39 is 0 Å². The molecule has 0 radical (unpaired) electrons. The van der Waals surface area contributed by atoms with Gasteiger partial charge in [-0.3, -0.25) is 9.59 Å². The van der Waals surface area contributed by atoms with Gasteiger partial charge in [0.05, 0.1) is 0 Å². The van der Waals surface area contributed by atoms with Gasteiger partial charge in [0.15, 0.2) is 0 Å². The maximum Gasteiger partial charge on any atom is 0.251 e. The molecule has 5 nitrogen and oxygen atoms in total. The van der Waals surface area contributed by atoms with Gasteiger partial charge in [0.25, 0.3) is 5.91 Å². The summed E-state index contributed by atoms with van der Waals surface area (Å²) >= 11 is 0. The lowest BCUT2D eigenvalue weighted by molar-refractivity contribution is -0.121. The Morgan fingerprint density at radius 3 is 2.34 bits per heavy atom. The van der Waals surface area contributed by atoms with Crippen molar-refractivity contribution in [1.82, 2.24) is 10.3 Å². The highest BCUT2D eigenvalue weighted by molar-refractivity contribution is 5.99. The van der Waals surface area contributed by atoms with E-state index in [2.05, 4.69) is 35.5 Å². The molecule has 5 rings (SSSR count). The number of benzene rings is 2. The first-order valence-electron chi connectivity index (χ1n) is 13.3. The summed E-state index contributed by atoms with van der Waals surface area (Å²) in [6.07, 6.45) is 8.96. The summed E-state index contributed by atoms with van der Waals surface area (Å²) in [7, 11) is 0. The predicted molar refractivity (Wildman–Crippen MR) is 142 cm³/mol. The molecule has 0 aliphatic heterocycles. The van der Waals surface area contributed by atoms with Crippen LogP contribution in [0.25, 0.3) is 22.2 Å². The molecular formula is C30H37N3O2. The van der Waals surface area contributed by atoms with Crippen LogP contribution in [-0.2, 0) is 4.79 Å². The molecule has 0 bridgehead atoms. The normalized spacial score (nSPS) is 24.7. The summed E-state index contributed by atoms with van der Waals surface area (Å²) in [6, 6.07) is 16.2. The molecule has 35 heavy (non-hydrogen) atoms. The summed E-state index contributed by atoms with van der Waals surface area (Å²) in [4.78, 5) is 29.0. The fourth-order valence-corrected chi connectivity index (χ4v) is 5.71. The average molecular weight is 472 g/mol. The average Bonchev–Trinajstić information content (AvgIpc) is 3.30. The van der Waals surface area contributed by atoms with Crippen LogP contribution in [0.15, 0.2) is 48.5 Å². The minimum atomic E-state index is 0.0147. The fourth-order valence-electron chi connectivity index (χ4n) is 5.71. The third kappa shape index (κ3) is 5.44. The molecule has 2 amide bonds. The van der Waals surface area contributed by atoms with E-state index in [4.69, 9.17) is 0 Å². The van der Waals surface area contributed by atoms with Crippen LogP contribution in [0.3, 0.4) is 0 Å². The highest BCUT2D eigenvalue weighted by atomic mass is 16.2. The van der Waals surface area contributed by atoms with E-state index >= 15 is 0 Å². The first kappa shape index (κ1) is 23.7. The number of carbonyl (C=O) groups excluding carboxylic acids is 2. The Morgan fingerprint density at radius 2 is 1.60 bits per heavy atom. The monoisotopic (exact) mass is 471 g/mol. The molecule has 3 N–H and O–H groups in total. The number of aromatic nitrogens is 1. The molecule has 2 aliphatic carbocycles. The smallest absolute Gasteiger partial charge is 0.251 e. The first-order valence-corrected chi connectivity index (χ1v) is 13.3. The highest BCUT2D eigenvalue weighted by Crippen LogP contribution is 2.30. The van der Waals surface area contributed by atoms with Crippen molar-refractivity contribution < 1.29 is 9.59 Å². The fraction of sp³-hybridized carbons (Fsp3) is 0.467. The van der Waals surface area contributed by atoms with Crippen LogP contribution in [0.4, 0.5) is 5.69 Å². The van der Waals surface area contributed by atoms with Crippen molar-refractivity contribution in [3.8, 4) is 11.3 Å². The molecule has 2 aromatic carbocycles. The maximum absolute atomic E-state index is 12.9. The number of carbonyl (C=O) groups is 2. The van der Waals surface area contributed by atoms with Gasteiger partial charge in [0.2, 0.25) is 5.91 Å². The van der Waals surface area contributed by atoms with Crippen LogP contribution in [0, 0.1) is 17.8 Å². The van der Waals surface area contributed by atoms with Crippen molar-refractivity contribution >= 4 is 28.4 Å². The number of aromatic amines is 1. The third-order valence-electron chi connectivity index (χ3n) is 8.16. The van der Waals surface area contributed by atoms with E-state index in [1.54, 1.807) is 0 Å². The van der Waals surface area contributed by atoms with Crippen LogP contribution in [0.2, 0.25) is 0 Å². The molecule has 5 heteroatoms. The molecule has 2 fully saturated rings. The molecule has 2 atom stereocenters. The highest BCUT2D eigenvalue weighted by Gasteiger charge is 2.25. The maximum atomic E-state index is 12.9. The zero-order valence-corrected chi connectivity index (χ0v) is 20.9. The number of anilines is 1. The lowest BCUT2D eigenvalue weighted by atomic mass is 9.82. The van der Waals surface area contributed by atoms with E-state index in [1.165, 1.54) is 19.3 Å². The third-order valence-corrected chi connectivity index (χ3v) is 8.16. The number of hydrogen-bond donors (Lipinski definition) is 3. The molecule has 0 spiro atoms. The van der Waals surface area contributed by atoms with Crippen LogP contribution in [0.5, 0.6) is 0 Å². The Kier molecular flexibility index (Phi) is 6.94. The van der Waals surface area contributed by atoms with E-state index in [0.717, 1.165) is 65.9 Å².